The molecule has 0 aliphatic heterocycles. The Morgan fingerprint density at radius 1 is 1.39 bits per heavy atom. The van der Waals surface area contributed by atoms with Gasteiger partial charge >= 0.3 is 0 Å². The van der Waals surface area contributed by atoms with Crippen molar-refractivity contribution in [3.63, 3.8) is 0 Å². The standard InChI is InChI=1S/C16H23NS/c1-12(2)13-9-10-16(3,15(17)11-13)18-14-7-5-4-6-8-14/h4-8,13,15H,1,9-11,17H2,2-3H3/t13-,15+,16+/m0/s1. The summed E-state index contributed by atoms with van der Waals surface area (Å²) in [4.78, 5) is 1.32. The summed E-state index contributed by atoms with van der Waals surface area (Å²) in [5.41, 5.74) is 7.72. The van der Waals surface area contributed by atoms with Crippen molar-refractivity contribution in [2.45, 2.75) is 48.8 Å². The van der Waals surface area contributed by atoms with E-state index >= 15 is 0 Å². The Labute approximate surface area is 115 Å². The number of hydrogen-bond donors (Lipinski definition) is 1. The summed E-state index contributed by atoms with van der Waals surface area (Å²) in [7, 11) is 0. The van der Waals surface area contributed by atoms with Crippen molar-refractivity contribution in [1.82, 2.24) is 0 Å². The van der Waals surface area contributed by atoms with Gasteiger partial charge in [0.2, 0.25) is 0 Å². The molecule has 1 aromatic rings. The highest BCUT2D eigenvalue weighted by Crippen LogP contribution is 2.45. The third-order valence-electron chi connectivity index (χ3n) is 4.10. The number of benzene rings is 1. The van der Waals surface area contributed by atoms with Gasteiger partial charge in [0, 0.05) is 15.7 Å². The van der Waals surface area contributed by atoms with Gasteiger partial charge in [0.1, 0.15) is 0 Å². The summed E-state index contributed by atoms with van der Waals surface area (Å²) in [5, 5.41) is 0. The van der Waals surface area contributed by atoms with Crippen molar-refractivity contribution < 1.29 is 0 Å². The SMILES string of the molecule is C=C(C)[C@H]1CC[C@@](C)(Sc2ccccc2)[C@H](N)C1. The lowest BCUT2D eigenvalue weighted by Gasteiger charge is -2.42. The molecule has 98 valence electrons. The highest BCUT2D eigenvalue weighted by atomic mass is 32.2. The molecule has 3 atom stereocenters. The second-order valence-corrected chi connectivity index (χ2v) is 7.26. The van der Waals surface area contributed by atoms with E-state index in [9.17, 15) is 0 Å². The van der Waals surface area contributed by atoms with E-state index in [-0.39, 0.29) is 10.8 Å². The number of thioether (sulfide) groups is 1. The summed E-state index contributed by atoms with van der Waals surface area (Å²) < 4.78 is 0.160. The van der Waals surface area contributed by atoms with Gasteiger partial charge in [0.25, 0.3) is 0 Å². The van der Waals surface area contributed by atoms with Gasteiger partial charge in [-0.3, -0.25) is 0 Å². The fourth-order valence-corrected chi connectivity index (χ4v) is 3.95. The van der Waals surface area contributed by atoms with Gasteiger partial charge in [-0.1, -0.05) is 30.4 Å². The Kier molecular flexibility index (Phi) is 4.18. The van der Waals surface area contributed by atoms with Crippen LogP contribution in [0, 0.1) is 5.92 Å². The molecule has 0 heterocycles. The average molecular weight is 261 g/mol. The van der Waals surface area contributed by atoms with E-state index in [4.69, 9.17) is 5.73 Å². The van der Waals surface area contributed by atoms with Crippen LogP contribution in [0.2, 0.25) is 0 Å². The molecular weight excluding hydrogens is 238 g/mol. The molecule has 2 N–H and O–H groups in total. The maximum Gasteiger partial charge on any atom is 0.0330 e. The predicted octanol–water partition coefficient (Wildman–Crippen LogP) is 4.24. The molecule has 1 saturated carbocycles. The Hall–Kier alpha value is -0.730. The third-order valence-corrected chi connectivity index (χ3v) is 5.58. The van der Waals surface area contributed by atoms with Crippen LogP contribution in [0.5, 0.6) is 0 Å². The summed E-state index contributed by atoms with van der Waals surface area (Å²) in [5.74, 6) is 0.615. The Morgan fingerprint density at radius 3 is 2.61 bits per heavy atom. The first-order chi connectivity index (χ1) is 8.51. The van der Waals surface area contributed by atoms with E-state index in [0.717, 1.165) is 6.42 Å². The molecule has 0 aromatic heterocycles. The Bertz CT molecular complexity index is 414. The van der Waals surface area contributed by atoms with Crippen LogP contribution in [0.25, 0.3) is 0 Å². The molecule has 1 fully saturated rings. The lowest BCUT2D eigenvalue weighted by atomic mass is 9.76. The van der Waals surface area contributed by atoms with E-state index < -0.39 is 0 Å². The van der Waals surface area contributed by atoms with Crippen LogP contribution in [0.4, 0.5) is 0 Å². The predicted molar refractivity (Wildman–Crippen MR) is 80.8 cm³/mol. The molecule has 18 heavy (non-hydrogen) atoms. The quantitative estimate of drug-likeness (QED) is 0.824. The molecule has 1 aliphatic carbocycles. The highest BCUT2D eigenvalue weighted by molar-refractivity contribution is 8.00. The molecular formula is C16H23NS. The summed E-state index contributed by atoms with van der Waals surface area (Å²) >= 11 is 1.93. The van der Waals surface area contributed by atoms with Crippen LogP contribution in [0.1, 0.15) is 33.1 Å². The molecule has 0 radical (unpaired) electrons. The second-order valence-electron chi connectivity index (χ2n) is 5.65. The van der Waals surface area contributed by atoms with Crippen LogP contribution < -0.4 is 5.73 Å². The van der Waals surface area contributed by atoms with Crippen molar-refractivity contribution in [3.05, 3.63) is 42.5 Å². The minimum absolute atomic E-state index is 0.160. The van der Waals surface area contributed by atoms with Crippen molar-refractivity contribution >= 4 is 11.8 Å². The van der Waals surface area contributed by atoms with Gasteiger partial charge in [-0.05, 0) is 51.2 Å². The maximum atomic E-state index is 6.43. The topological polar surface area (TPSA) is 26.0 Å². The van der Waals surface area contributed by atoms with E-state index in [2.05, 4.69) is 50.8 Å². The number of allylic oxidation sites excluding steroid dienone is 1. The lowest BCUT2D eigenvalue weighted by Crippen LogP contribution is -2.47. The van der Waals surface area contributed by atoms with Gasteiger partial charge in [0.15, 0.2) is 0 Å². The van der Waals surface area contributed by atoms with Gasteiger partial charge in [-0.25, -0.2) is 0 Å². The fourth-order valence-electron chi connectivity index (χ4n) is 2.65. The van der Waals surface area contributed by atoms with E-state index in [0.29, 0.717) is 5.92 Å². The normalized spacial score (nSPS) is 32.2. The van der Waals surface area contributed by atoms with Crippen molar-refractivity contribution in [3.8, 4) is 0 Å². The van der Waals surface area contributed by atoms with Gasteiger partial charge < -0.3 is 5.73 Å². The first-order valence-corrected chi connectivity index (χ1v) is 7.48. The molecule has 1 aromatic carbocycles. The van der Waals surface area contributed by atoms with Gasteiger partial charge in [-0.2, -0.15) is 0 Å². The zero-order valence-electron chi connectivity index (χ0n) is 11.4. The molecule has 0 saturated heterocycles. The number of rotatable bonds is 3. The molecule has 0 amide bonds. The third kappa shape index (κ3) is 2.99. The van der Waals surface area contributed by atoms with E-state index in [1.54, 1.807) is 0 Å². The highest BCUT2D eigenvalue weighted by Gasteiger charge is 2.38. The second kappa shape index (κ2) is 5.50. The maximum absolute atomic E-state index is 6.43. The smallest absolute Gasteiger partial charge is 0.0330 e. The fraction of sp³-hybridized carbons (Fsp3) is 0.500. The van der Waals surface area contributed by atoms with Crippen LogP contribution in [-0.2, 0) is 0 Å². The zero-order valence-corrected chi connectivity index (χ0v) is 12.2. The molecule has 1 aliphatic rings. The lowest BCUT2D eigenvalue weighted by molar-refractivity contribution is 0.305. The summed E-state index contributed by atoms with van der Waals surface area (Å²) in [6, 6.07) is 10.8. The van der Waals surface area contributed by atoms with Crippen molar-refractivity contribution in [1.29, 1.82) is 0 Å². The van der Waals surface area contributed by atoms with Crippen LogP contribution in [0.3, 0.4) is 0 Å². The number of nitrogens with two attached hydrogens (primary N) is 1. The van der Waals surface area contributed by atoms with Gasteiger partial charge in [0.05, 0.1) is 0 Å². The summed E-state index contributed by atoms with van der Waals surface area (Å²) in [6.07, 6.45) is 3.47. The first kappa shape index (κ1) is 13.7. The zero-order chi connectivity index (χ0) is 13.2. The minimum Gasteiger partial charge on any atom is -0.326 e. The molecule has 2 heteroatoms. The molecule has 0 spiro atoms. The molecule has 0 bridgehead atoms. The van der Waals surface area contributed by atoms with Crippen LogP contribution in [-0.4, -0.2) is 10.8 Å². The minimum atomic E-state index is 0.160. The largest absolute Gasteiger partial charge is 0.326 e. The molecule has 2 rings (SSSR count). The first-order valence-electron chi connectivity index (χ1n) is 6.66. The summed E-state index contributed by atoms with van der Waals surface area (Å²) in [6.45, 7) is 8.52. The van der Waals surface area contributed by atoms with E-state index in [1.807, 2.05) is 11.8 Å². The molecule has 1 nitrogen and oxygen atoms in total. The monoisotopic (exact) mass is 261 g/mol. The van der Waals surface area contributed by atoms with Crippen molar-refractivity contribution in [2.24, 2.45) is 11.7 Å². The van der Waals surface area contributed by atoms with Crippen LogP contribution >= 0.6 is 11.8 Å². The average Bonchev–Trinajstić information content (AvgIpc) is 2.34. The molecule has 0 unspecified atom stereocenters. The van der Waals surface area contributed by atoms with E-state index in [1.165, 1.54) is 23.3 Å². The van der Waals surface area contributed by atoms with Gasteiger partial charge in [-0.15, -0.1) is 11.8 Å². The Balaban J connectivity index is 2.06. The Morgan fingerprint density at radius 2 is 2.06 bits per heavy atom. The van der Waals surface area contributed by atoms with Crippen LogP contribution in [0.15, 0.2) is 47.4 Å². The number of hydrogen-bond acceptors (Lipinski definition) is 2. The van der Waals surface area contributed by atoms with Crippen molar-refractivity contribution in [2.75, 3.05) is 0 Å².